The maximum Gasteiger partial charge on any atom is 0.435 e. The monoisotopic (exact) mass is 292 g/mol. The number of aromatic nitrogens is 4. The lowest BCUT2D eigenvalue weighted by Crippen LogP contribution is -2.11. The fourth-order valence-electron chi connectivity index (χ4n) is 1.77. The van der Waals surface area contributed by atoms with Crippen molar-refractivity contribution in [3.63, 3.8) is 0 Å². The molecule has 104 valence electrons. The molecule has 4 nitrogen and oxygen atoms in total. The molecule has 0 atom stereocenters. The lowest BCUT2D eigenvalue weighted by atomic mass is 10.3. The molecule has 0 N–H and O–H groups in total. The molecule has 2 aromatic rings. The topological polar surface area (TPSA) is 35.6 Å². The van der Waals surface area contributed by atoms with Crippen molar-refractivity contribution >= 4 is 11.6 Å². The highest BCUT2D eigenvalue weighted by Gasteiger charge is 2.33. The van der Waals surface area contributed by atoms with Crippen LogP contribution in [0.3, 0.4) is 0 Å². The normalized spacial score (nSPS) is 12.1. The Balaban J connectivity index is 2.29. The van der Waals surface area contributed by atoms with Gasteiger partial charge in [0.05, 0.1) is 23.0 Å². The second-order valence-electron chi connectivity index (χ2n) is 4.06. The van der Waals surface area contributed by atoms with E-state index in [4.69, 9.17) is 11.6 Å². The fourth-order valence-corrected chi connectivity index (χ4v) is 1.97. The summed E-state index contributed by atoms with van der Waals surface area (Å²) in [6.07, 6.45) is -3.16. The first kappa shape index (κ1) is 13.9. The van der Waals surface area contributed by atoms with Gasteiger partial charge in [0.25, 0.3) is 0 Å². The Morgan fingerprint density at radius 1 is 1.32 bits per heavy atom. The summed E-state index contributed by atoms with van der Waals surface area (Å²) in [5, 5.41) is 8.16. The minimum atomic E-state index is -4.43. The van der Waals surface area contributed by atoms with Gasteiger partial charge >= 0.3 is 6.18 Å². The van der Waals surface area contributed by atoms with Crippen LogP contribution in [0, 0.1) is 6.92 Å². The van der Waals surface area contributed by atoms with Crippen molar-refractivity contribution in [2.24, 2.45) is 0 Å². The number of nitrogens with zero attached hydrogens (tertiary/aromatic N) is 4. The summed E-state index contributed by atoms with van der Waals surface area (Å²) in [6.45, 7) is 4.39. The minimum absolute atomic E-state index is 0.156. The van der Waals surface area contributed by atoms with Crippen LogP contribution in [-0.2, 0) is 19.3 Å². The standard InChI is InChI=1S/C11H12ClF3N4/c1-3-19-8(10(12)7(2)16-19)6-18-5-4-9(17-18)11(13,14)15/h4-5H,3,6H2,1-2H3. The number of hydrogen-bond donors (Lipinski definition) is 0. The van der Waals surface area contributed by atoms with Crippen molar-refractivity contribution in [1.29, 1.82) is 0 Å². The van der Waals surface area contributed by atoms with E-state index in [1.54, 1.807) is 11.6 Å². The van der Waals surface area contributed by atoms with Crippen LogP contribution < -0.4 is 0 Å². The third-order valence-corrected chi connectivity index (χ3v) is 3.19. The van der Waals surface area contributed by atoms with E-state index in [1.807, 2.05) is 6.92 Å². The number of aryl methyl sites for hydroxylation is 2. The quantitative estimate of drug-likeness (QED) is 0.871. The van der Waals surface area contributed by atoms with Crippen molar-refractivity contribution in [2.75, 3.05) is 0 Å². The molecule has 2 rings (SSSR count). The predicted molar refractivity (Wildman–Crippen MR) is 64.0 cm³/mol. The lowest BCUT2D eigenvalue weighted by molar-refractivity contribution is -0.141. The molecule has 0 bridgehead atoms. The Bertz CT molecular complexity index is 585. The fraction of sp³-hybridized carbons (Fsp3) is 0.455. The number of halogens is 4. The zero-order valence-corrected chi connectivity index (χ0v) is 11.1. The number of rotatable bonds is 3. The van der Waals surface area contributed by atoms with Gasteiger partial charge in [-0.3, -0.25) is 9.36 Å². The summed E-state index contributed by atoms with van der Waals surface area (Å²) >= 11 is 6.09. The predicted octanol–water partition coefficient (Wildman–Crippen LogP) is 3.13. The Labute approximate surface area is 112 Å². The van der Waals surface area contributed by atoms with E-state index in [0.717, 1.165) is 6.07 Å². The van der Waals surface area contributed by atoms with E-state index in [9.17, 15) is 13.2 Å². The molecule has 0 aliphatic heterocycles. The van der Waals surface area contributed by atoms with Gasteiger partial charge in [-0.15, -0.1) is 0 Å². The average molecular weight is 293 g/mol. The van der Waals surface area contributed by atoms with E-state index >= 15 is 0 Å². The van der Waals surface area contributed by atoms with Crippen molar-refractivity contribution in [2.45, 2.75) is 33.1 Å². The maximum atomic E-state index is 12.4. The van der Waals surface area contributed by atoms with Gasteiger partial charge in [-0.05, 0) is 19.9 Å². The first-order valence-corrected chi connectivity index (χ1v) is 6.03. The summed E-state index contributed by atoms with van der Waals surface area (Å²) in [5.74, 6) is 0. The zero-order chi connectivity index (χ0) is 14.2. The van der Waals surface area contributed by atoms with Crippen LogP contribution in [0.15, 0.2) is 12.3 Å². The van der Waals surface area contributed by atoms with Gasteiger partial charge in [0.1, 0.15) is 0 Å². The molecular weight excluding hydrogens is 281 g/mol. The first-order chi connectivity index (χ1) is 8.82. The smallest absolute Gasteiger partial charge is 0.266 e. The average Bonchev–Trinajstić information content (AvgIpc) is 2.89. The molecule has 0 fully saturated rings. The molecule has 0 amide bonds. The molecule has 0 saturated heterocycles. The Kier molecular flexibility index (Phi) is 3.58. The molecule has 2 aromatic heterocycles. The van der Waals surface area contributed by atoms with Crippen LogP contribution in [0.1, 0.15) is 24.0 Å². The van der Waals surface area contributed by atoms with Gasteiger partial charge in [-0.2, -0.15) is 23.4 Å². The second-order valence-corrected chi connectivity index (χ2v) is 4.44. The van der Waals surface area contributed by atoms with Gasteiger partial charge in [0.2, 0.25) is 0 Å². The molecule has 0 saturated carbocycles. The van der Waals surface area contributed by atoms with E-state index in [-0.39, 0.29) is 6.54 Å². The van der Waals surface area contributed by atoms with E-state index in [2.05, 4.69) is 10.2 Å². The summed E-state index contributed by atoms with van der Waals surface area (Å²) < 4.78 is 40.2. The Morgan fingerprint density at radius 3 is 2.53 bits per heavy atom. The number of hydrogen-bond acceptors (Lipinski definition) is 2. The third kappa shape index (κ3) is 2.75. The van der Waals surface area contributed by atoms with Crippen LogP contribution in [0.2, 0.25) is 5.02 Å². The largest absolute Gasteiger partial charge is 0.435 e. The van der Waals surface area contributed by atoms with Gasteiger partial charge in [0.15, 0.2) is 5.69 Å². The summed E-state index contributed by atoms with van der Waals surface area (Å²) in [6, 6.07) is 0.938. The Morgan fingerprint density at radius 2 is 2.00 bits per heavy atom. The van der Waals surface area contributed by atoms with Gasteiger partial charge in [0, 0.05) is 12.7 Å². The third-order valence-electron chi connectivity index (χ3n) is 2.70. The maximum absolute atomic E-state index is 12.4. The SMILES string of the molecule is CCn1nc(C)c(Cl)c1Cn1ccc(C(F)(F)F)n1. The van der Waals surface area contributed by atoms with Crippen molar-refractivity contribution in [3.8, 4) is 0 Å². The van der Waals surface area contributed by atoms with Crippen LogP contribution in [-0.4, -0.2) is 19.6 Å². The van der Waals surface area contributed by atoms with Crippen molar-refractivity contribution < 1.29 is 13.2 Å². The summed E-state index contributed by atoms with van der Waals surface area (Å²) in [5.41, 5.74) is 0.392. The van der Waals surface area contributed by atoms with Gasteiger partial charge in [-0.25, -0.2) is 0 Å². The van der Waals surface area contributed by atoms with E-state index in [1.165, 1.54) is 10.9 Å². The van der Waals surface area contributed by atoms with Crippen molar-refractivity contribution in [1.82, 2.24) is 19.6 Å². The molecule has 0 aliphatic rings. The van der Waals surface area contributed by atoms with Crippen LogP contribution in [0.5, 0.6) is 0 Å². The molecule has 0 aliphatic carbocycles. The molecular formula is C11H12ClF3N4. The summed E-state index contributed by atoms with van der Waals surface area (Å²) in [7, 11) is 0. The zero-order valence-electron chi connectivity index (χ0n) is 10.4. The molecule has 8 heteroatoms. The molecule has 0 aromatic carbocycles. The molecule has 0 unspecified atom stereocenters. The van der Waals surface area contributed by atoms with Gasteiger partial charge in [-0.1, -0.05) is 11.6 Å². The highest BCUT2D eigenvalue weighted by molar-refractivity contribution is 6.31. The highest BCUT2D eigenvalue weighted by atomic mass is 35.5. The minimum Gasteiger partial charge on any atom is -0.266 e. The van der Waals surface area contributed by atoms with Crippen LogP contribution in [0.4, 0.5) is 13.2 Å². The number of alkyl halides is 3. The second kappa shape index (κ2) is 4.88. The van der Waals surface area contributed by atoms with Crippen molar-refractivity contribution in [3.05, 3.63) is 34.4 Å². The molecule has 0 spiro atoms. The van der Waals surface area contributed by atoms with Gasteiger partial charge < -0.3 is 0 Å². The highest BCUT2D eigenvalue weighted by Crippen LogP contribution is 2.28. The lowest BCUT2D eigenvalue weighted by Gasteiger charge is -2.06. The first-order valence-electron chi connectivity index (χ1n) is 5.65. The Hall–Kier alpha value is -1.50. The van der Waals surface area contributed by atoms with E-state index in [0.29, 0.717) is 23.0 Å². The molecule has 0 radical (unpaired) electrons. The van der Waals surface area contributed by atoms with E-state index < -0.39 is 11.9 Å². The summed E-state index contributed by atoms with van der Waals surface area (Å²) in [4.78, 5) is 0. The molecule has 19 heavy (non-hydrogen) atoms. The van der Waals surface area contributed by atoms with Crippen LogP contribution >= 0.6 is 11.6 Å². The van der Waals surface area contributed by atoms with Crippen LogP contribution in [0.25, 0.3) is 0 Å². The molecule has 2 heterocycles.